The van der Waals surface area contributed by atoms with Crippen molar-refractivity contribution in [1.29, 1.82) is 0 Å². The minimum absolute atomic E-state index is 0.0108. The van der Waals surface area contributed by atoms with Crippen molar-refractivity contribution in [2.45, 2.75) is 0 Å². The van der Waals surface area contributed by atoms with Gasteiger partial charge in [0, 0.05) is 11.8 Å². The molecular formula is C14H18N3O4+. The summed E-state index contributed by atoms with van der Waals surface area (Å²) in [6.45, 7) is 3.05. The van der Waals surface area contributed by atoms with Gasteiger partial charge in [0.15, 0.2) is 24.6 Å². The van der Waals surface area contributed by atoms with Crippen LogP contribution in [0.2, 0.25) is 0 Å². The number of amides is 2. The van der Waals surface area contributed by atoms with Crippen LogP contribution in [0.4, 0.5) is 5.69 Å². The van der Waals surface area contributed by atoms with Crippen molar-refractivity contribution in [2.24, 2.45) is 0 Å². The first kappa shape index (κ1) is 13.7. The second-order valence-corrected chi connectivity index (χ2v) is 5.11. The fraction of sp³-hybridized carbons (Fsp3) is 0.429. The highest BCUT2D eigenvalue weighted by atomic mass is 16.6. The molecule has 0 radical (unpaired) electrons. The van der Waals surface area contributed by atoms with Gasteiger partial charge in [0.2, 0.25) is 0 Å². The van der Waals surface area contributed by atoms with Crippen molar-refractivity contribution >= 4 is 17.5 Å². The number of fused-ring (bicyclic) bond motifs is 1. The number of hydrogen-bond donors (Lipinski definition) is 3. The van der Waals surface area contributed by atoms with Crippen LogP contribution in [-0.2, 0) is 9.59 Å². The number of nitrogens with one attached hydrogen (secondary N) is 3. The summed E-state index contributed by atoms with van der Waals surface area (Å²) < 4.78 is 10.9. The minimum atomic E-state index is -0.114. The highest BCUT2D eigenvalue weighted by Crippen LogP contribution is 2.32. The Labute approximate surface area is 122 Å². The lowest BCUT2D eigenvalue weighted by molar-refractivity contribution is -0.885. The molecule has 1 aromatic carbocycles. The van der Waals surface area contributed by atoms with Gasteiger partial charge in [0.1, 0.15) is 13.2 Å². The van der Waals surface area contributed by atoms with Crippen molar-refractivity contribution in [3.05, 3.63) is 18.2 Å². The molecule has 2 heterocycles. The second-order valence-electron chi connectivity index (χ2n) is 5.11. The van der Waals surface area contributed by atoms with E-state index in [0.29, 0.717) is 43.5 Å². The largest absolute Gasteiger partial charge is 0.486 e. The zero-order valence-corrected chi connectivity index (χ0v) is 11.6. The van der Waals surface area contributed by atoms with Gasteiger partial charge in [-0.1, -0.05) is 0 Å². The summed E-state index contributed by atoms with van der Waals surface area (Å²) in [4.78, 5) is 24.3. The van der Waals surface area contributed by atoms with Crippen molar-refractivity contribution < 1.29 is 24.0 Å². The molecule has 1 fully saturated rings. The predicted molar refractivity (Wildman–Crippen MR) is 74.6 cm³/mol. The maximum Gasteiger partial charge on any atom is 0.279 e. The zero-order valence-electron chi connectivity index (χ0n) is 11.6. The Morgan fingerprint density at radius 2 is 2.10 bits per heavy atom. The van der Waals surface area contributed by atoms with Crippen LogP contribution < -0.4 is 25.0 Å². The molecule has 1 unspecified atom stereocenters. The second kappa shape index (κ2) is 6.01. The van der Waals surface area contributed by atoms with E-state index in [-0.39, 0.29) is 18.4 Å². The number of rotatable bonds is 3. The Kier molecular flexibility index (Phi) is 3.92. The summed E-state index contributed by atoms with van der Waals surface area (Å²) in [6.07, 6.45) is 0. The van der Waals surface area contributed by atoms with Gasteiger partial charge in [-0.3, -0.25) is 9.59 Å². The Hall–Kier alpha value is -2.28. The Balaban J connectivity index is 1.58. The standard InChI is InChI=1S/C14H17N3O4/c18-13-8-17(4-3-15-13)9-14(19)16-10-1-2-11-12(7-10)21-6-5-20-11/h1-2,7H,3-6,8-9H2,(H,15,18)(H,16,19)/p+1. The molecule has 7 nitrogen and oxygen atoms in total. The number of carbonyl (C=O) groups is 2. The number of carbonyl (C=O) groups excluding carboxylic acids is 2. The van der Waals surface area contributed by atoms with Crippen LogP contribution >= 0.6 is 0 Å². The molecule has 0 spiro atoms. The Morgan fingerprint density at radius 3 is 2.90 bits per heavy atom. The summed E-state index contributed by atoms with van der Waals surface area (Å²) in [7, 11) is 0. The van der Waals surface area contributed by atoms with Crippen LogP contribution in [0, 0.1) is 0 Å². The van der Waals surface area contributed by atoms with Crippen LogP contribution in [-0.4, -0.2) is 51.2 Å². The molecule has 3 N–H and O–H groups in total. The summed E-state index contributed by atoms with van der Waals surface area (Å²) in [6, 6.07) is 5.32. The van der Waals surface area contributed by atoms with E-state index in [1.807, 2.05) is 0 Å². The van der Waals surface area contributed by atoms with Gasteiger partial charge in [-0.15, -0.1) is 0 Å². The zero-order chi connectivity index (χ0) is 14.7. The third-order valence-electron chi connectivity index (χ3n) is 3.45. The fourth-order valence-corrected chi connectivity index (χ4v) is 2.46. The topological polar surface area (TPSA) is 81.1 Å². The van der Waals surface area contributed by atoms with Crippen LogP contribution in [0.3, 0.4) is 0 Å². The number of ether oxygens (including phenoxy) is 2. The van der Waals surface area contributed by atoms with Gasteiger partial charge >= 0.3 is 0 Å². The van der Waals surface area contributed by atoms with E-state index in [2.05, 4.69) is 10.6 Å². The molecule has 0 aromatic heterocycles. The quantitative estimate of drug-likeness (QED) is 0.627. The van der Waals surface area contributed by atoms with Crippen LogP contribution in [0.1, 0.15) is 0 Å². The predicted octanol–water partition coefficient (Wildman–Crippen LogP) is -1.59. The van der Waals surface area contributed by atoms with Crippen LogP contribution in [0.25, 0.3) is 0 Å². The molecule has 1 aromatic rings. The Bertz CT molecular complexity index is 561. The smallest absolute Gasteiger partial charge is 0.279 e. The molecule has 2 amide bonds. The van der Waals surface area contributed by atoms with Crippen molar-refractivity contribution in [3.63, 3.8) is 0 Å². The molecule has 1 atom stereocenters. The molecule has 2 aliphatic heterocycles. The number of quaternary nitrogens is 1. The van der Waals surface area contributed by atoms with Gasteiger partial charge in [-0.2, -0.15) is 0 Å². The van der Waals surface area contributed by atoms with E-state index >= 15 is 0 Å². The Morgan fingerprint density at radius 1 is 1.29 bits per heavy atom. The molecular weight excluding hydrogens is 274 g/mol. The maximum atomic E-state index is 12.0. The monoisotopic (exact) mass is 292 g/mol. The molecule has 0 bridgehead atoms. The molecule has 21 heavy (non-hydrogen) atoms. The molecule has 112 valence electrons. The molecule has 0 aliphatic carbocycles. The van der Waals surface area contributed by atoms with E-state index in [1.165, 1.54) is 0 Å². The lowest BCUT2D eigenvalue weighted by Crippen LogP contribution is -3.16. The lowest BCUT2D eigenvalue weighted by atomic mass is 10.2. The van der Waals surface area contributed by atoms with Crippen molar-refractivity contribution in [3.8, 4) is 11.5 Å². The van der Waals surface area contributed by atoms with Gasteiger partial charge in [-0.05, 0) is 12.1 Å². The summed E-state index contributed by atoms with van der Waals surface area (Å²) in [5.74, 6) is 1.21. The van der Waals surface area contributed by atoms with Crippen molar-refractivity contribution in [1.82, 2.24) is 5.32 Å². The molecule has 2 aliphatic rings. The SMILES string of the molecule is O=C1C[NH+](CC(=O)Nc2ccc3c(c2)OCCO3)CCN1. The normalized spacial score (nSPS) is 20.6. The summed E-state index contributed by atoms with van der Waals surface area (Å²) >= 11 is 0. The van der Waals surface area contributed by atoms with E-state index < -0.39 is 0 Å². The average Bonchev–Trinajstić information content (AvgIpc) is 2.47. The van der Waals surface area contributed by atoms with Gasteiger partial charge in [0.05, 0.1) is 13.1 Å². The number of benzene rings is 1. The summed E-state index contributed by atoms with van der Waals surface area (Å²) in [5, 5.41) is 5.57. The first-order valence-electron chi connectivity index (χ1n) is 7.00. The molecule has 7 heteroatoms. The highest BCUT2D eigenvalue weighted by Gasteiger charge is 2.22. The van der Waals surface area contributed by atoms with E-state index in [9.17, 15) is 9.59 Å². The van der Waals surface area contributed by atoms with Gasteiger partial charge in [0.25, 0.3) is 11.8 Å². The van der Waals surface area contributed by atoms with Crippen LogP contribution in [0.15, 0.2) is 18.2 Å². The maximum absolute atomic E-state index is 12.0. The molecule has 0 saturated carbocycles. The van der Waals surface area contributed by atoms with Gasteiger partial charge in [-0.25, -0.2) is 0 Å². The van der Waals surface area contributed by atoms with E-state index in [0.717, 1.165) is 11.4 Å². The average molecular weight is 292 g/mol. The molecule has 3 rings (SSSR count). The van der Waals surface area contributed by atoms with E-state index in [4.69, 9.17) is 9.47 Å². The summed E-state index contributed by atoms with van der Waals surface area (Å²) in [5.41, 5.74) is 0.671. The number of anilines is 1. The molecule has 1 saturated heterocycles. The van der Waals surface area contributed by atoms with Crippen LogP contribution in [0.5, 0.6) is 11.5 Å². The highest BCUT2D eigenvalue weighted by molar-refractivity contribution is 5.92. The van der Waals surface area contributed by atoms with Gasteiger partial charge < -0.3 is 25.0 Å². The lowest BCUT2D eigenvalue weighted by Gasteiger charge is -2.23. The number of hydrogen-bond acceptors (Lipinski definition) is 4. The first-order chi connectivity index (χ1) is 10.2. The first-order valence-corrected chi connectivity index (χ1v) is 7.00. The van der Waals surface area contributed by atoms with E-state index in [1.54, 1.807) is 18.2 Å². The fourth-order valence-electron chi connectivity index (χ4n) is 2.46. The minimum Gasteiger partial charge on any atom is -0.486 e. The third-order valence-corrected chi connectivity index (χ3v) is 3.45. The third kappa shape index (κ3) is 3.43. The van der Waals surface area contributed by atoms with Crippen molar-refractivity contribution in [2.75, 3.05) is 44.7 Å². The number of piperazine rings is 1.